The van der Waals surface area contributed by atoms with Gasteiger partial charge in [0.2, 0.25) is 0 Å². The SMILES string of the molecule is CCOc1cc(C=O)ccc1OC(=O)c1ccccc1O. The molecule has 0 heterocycles. The molecule has 0 atom stereocenters. The molecule has 1 N–H and O–H groups in total. The van der Waals surface area contributed by atoms with E-state index in [1.807, 2.05) is 0 Å². The van der Waals surface area contributed by atoms with E-state index in [1.165, 1.54) is 30.3 Å². The van der Waals surface area contributed by atoms with Gasteiger partial charge in [0.15, 0.2) is 11.5 Å². The molecule has 2 aromatic rings. The summed E-state index contributed by atoms with van der Waals surface area (Å²) in [5.41, 5.74) is 0.472. The van der Waals surface area contributed by atoms with Crippen LogP contribution in [-0.2, 0) is 0 Å². The minimum absolute atomic E-state index is 0.0550. The number of hydrogen-bond acceptors (Lipinski definition) is 5. The molecular formula is C16H14O5. The first kappa shape index (κ1) is 14.6. The van der Waals surface area contributed by atoms with Gasteiger partial charge in [-0.2, -0.15) is 0 Å². The highest BCUT2D eigenvalue weighted by Crippen LogP contribution is 2.29. The third-order valence-corrected chi connectivity index (χ3v) is 2.73. The number of rotatable bonds is 5. The Balaban J connectivity index is 2.28. The van der Waals surface area contributed by atoms with Gasteiger partial charge in [-0.1, -0.05) is 12.1 Å². The van der Waals surface area contributed by atoms with Crippen LogP contribution in [0.15, 0.2) is 42.5 Å². The van der Waals surface area contributed by atoms with E-state index >= 15 is 0 Å². The molecule has 2 rings (SSSR count). The Labute approximate surface area is 121 Å². The van der Waals surface area contributed by atoms with E-state index in [9.17, 15) is 14.7 Å². The lowest BCUT2D eigenvalue weighted by molar-refractivity contribution is 0.0725. The van der Waals surface area contributed by atoms with Gasteiger partial charge in [0, 0.05) is 5.56 Å². The summed E-state index contributed by atoms with van der Waals surface area (Å²) in [5.74, 6) is -0.376. The van der Waals surface area contributed by atoms with Crippen molar-refractivity contribution >= 4 is 12.3 Å². The van der Waals surface area contributed by atoms with Crippen molar-refractivity contribution in [2.24, 2.45) is 0 Å². The molecule has 108 valence electrons. The second-order valence-corrected chi connectivity index (χ2v) is 4.16. The number of para-hydroxylation sites is 1. The van der Waals surface area contributed by atoms with Gasteiger partial charge in [0.05, 0.1) is 6.61 Å². The molecule has 21 heavy (non-hydrogen) atoms. The second-order valence-electron chi connectivity index (χ2n) is 4.16. The molecule has 0 aromatic heterocycles. The zero-order valence-corrected chi connectivity index (χ0v) is 11.4. The number of aromatic hydroxyl groups is 1. The average Bonchev–Trinajstić information content (AvgIpc) is 2.49. The van der Waals surface area contributed by atoms with Gasteiger partial charge in [-0.3, -0.25) is 4.79 Å². The fourth-order valence-electron chi connectivity index (χ4n) is 1.75. The second kappa shape index (κ2) is 6.56. The summed E-state index contributed by atoms with van der Waals surface area (Å²) in [6.45, 7) is 2.14. The Kier molecular flexibility index (Phi) is 4.56. The standard InChI is InChI=1S/C16H14O5/c1-2-20-15-9-11(10-17)7-8-14(15)21-16(19)12-5-3-4-6-13(12)18/h3-10,18H,2H2,1H3. The number of carbonyl (C=O) groups is 2. The maximum absolute atomic E-state index is 12.0. The number of phenols is 1. The number of esters is 1. The summed E-state index contributed by atoms with van der Waals surface area (Å²) in [7, 11) is 0. The van der Waals surface area contributed by atoms with Crippen LogP contribution in [0.5, 0.6) is 17.2 Å². The monoisotopic (exact) mass is 286 g/mol. The first-order valence-electron chi connectivity index (χ1n) is 6.38. The van der Waals surface area contributed by atoms with E-state index in [1.54, 1.807) is 19.1 Å². The molecule has 0 saturated carbocycles. The fourth-order valence-corrected chi connectivity index (χ4v) is 1.75. The van der Waals surface area contributed by atoms with Crippen molar-refractivity contribution in [3.8, 4) is 17.2 Å². The summed E-state index contributed by atoms with van der Waals surface area (Å²) >= 11 is 0. The highest BCUT2D eigenvalue weighted by Gasteiger charge is 2.16. The molecular weight excluding hydrogens is 272 g/mol. The quantitative estimate of drug-likeness (QED) is 0.520. The van der Waals surface area contributed by atoms with Crippen LogP contribution in [0.25, 0.3) is 0 Å². The van der Waals surface area contributed by atoms with Gasteiger partial charge in [-0.05, 0) is 37.3 Å². The molecule has 0 unspecified atom stereocenters. The normalized spacial score (nSPS) is 9.95. The maximum Gasteiger partial charge on any atom is 0.347 e. The lowest BCUT2D eigenvalue weighted by Crippen LogP contribution is -2.10. The molecule has 0 spiro atoms. The number of ether oxygens (including phenoxy) is 2. The summed E-state index contributed by atoms with van der Waals surface area (Å²) < 4.78 is 10.6. The molecule has 0 bridgehead atoms. The molecule has 5 heteroatoms. The number of hydrogen-bond donors (Lipinski definition) is 1. The van der Waals surface area contributed by atoms with Gasteiger partial charge in [0.25, 0.3) is 0 Å². The molecule has 2 aromatic carbocycles. The summed E-state index contributed by atoms with van der Waals surface area (Å²) in [4.78, 5) is 22.8. The third kappa shape index (κ3) is 3.39. The molecule has 5 nitrogen and oxygen atoms in total. The average molecular weight is 286 g/mol. The first-order valence-corrected chi connectivity index (χ1v) is 6.38. The topological polar surface area (TPSA) is 72.8 Å². The van der Waals surface area contributed by atoms with E-state index < -0.39 is 5.97 Å². The van der Waals surface area contributed by atoms with Crippen molar-refractivity contribution in [2.75, 3.05) is 6.61 Å². The molecule has 0 saturated heterocycles. The highest BCUT2D eigenvalue weighted by atomic mass is 16.6. The summed E-state index contributed by atoms with van der Waals surface area (Å²) in [5, 5.41) is 9.64. The van der Waals surface area contributed by atoms with E-state index in [0.29, 0.717) is 24.2 Å². The Morgan fingerprint density at radius 3 is 2.62 bits per heavy atom. The largest absolute Gasteiger partial charge is 0.507 e. The minimum atomic E-state index is -0.701. The van der Waals surface area contributed by atoms with Crippen LogP contribution in [0.3, 0.4) is 0 Å². The lowest BCUT2D eigenvalue weighted by Gasteiger charge is -2.11. The Morgan fingerprint density at radius 1 is 1.19 bits per heavy atom. The number of aldehydes is 1. The van der Waals surface area contributed by atoms with Crippen LogP contribution in [-0.4, -0.2) is 24.0 Å². The fraction of sp³-hybridized carbons (Fsp3) is 0.125. The Hall–Kier alpha value is -2.82. The predicted octanol–water partition coefficient (Wildman–Crippen LogP) is 2.82. The zero-order chi connectivity index (χ0) is 15.2. The van der Waals surface area contributed by atoms with Gasteiger partial charge >= 0.3 is 5.97 Å². The van der Waals surface area contributed by atoms with Crippen molar-refractivity contribution < 1.29 is 24.2 Å². The van der Waals surface area contributed by atoms with Crippen LogP contribution in [0.4, 0.5) is 0 Å². The number of benzene rings is 2. The molecule has 0 aliphatic heterocycles. The zero-order valence-electron chi connectivity index (χ0n) is 11.4. The molecule has 0 fully saturated rings. The summed E-state index contributed by atoms with van der Waals surface area (Å²) in [6.07, 6.45) is 0.678. The summed E-state index contributed by atoms with van der Waals surface area (Å²) in [6, 6.07) is 10.6. The maximum atomic E-state index is 12.0. The van der Waals surface area contributed by atoms with Gasteiger partial charge in [-0.15, -0.1) is 0 Å². The van der Waals surface area contributed by atoms with Crippen molar-refractivity contribution in [1.82, 2.24) is 0 Å². The van der Waals surface area contributed by atoms with Crippen LogP contribution < -0.4 is 9.47 Å². The molecule has 0 amide bonds. The van der Waals surface area contributed by atoms with Gasteiger partial charge in [0.1, 0.15) is 17.6 Å². The van der Waals surface area contributed by atoms with Gasteiger partial charge in [-0.25, -0.2) is 4.79 Å². The Bertz CT molecular complexity index is 663. The van der Waals surface area contributed by atoms with Crippen LogP contribution >= 0.6 is 0 Å². The highest BCUT2D eigenvalue weighted by molar-refractivity contribution is 5.94. The van der Waals surface area contributed by atoms with Crippen LogP contribution in [0.1, 0.15) is 27.6 Å². The Morgan fingerprint density at radius 2 is 1.95 bits per heavy atom. The van der Waals surface area contributed by atoms with Crippen molar-refractivity contribution in [2.45, 2.75) is 6.92 Å². The van der Waals surface area contributed by atoms with E-state index in [-0.39, 0.29) is 17.1 Å². The van der Waals surface area contributed by atoms with Crippen molar-refractivity contribution in [1.29, 1.82) is 0 Å². The van der Waals surface area contributed by atoms with Gasteiger partial charge < -0.3 is 14.6 Å². The van der Waals surface area contributed by atoms with Crippen molar-refractivity contribution in [3.63, 3.8) is 0 Å². The van der Waals surface area contributed by atoms with Crippen LogP contribution in [0, 0.1) is 0 Å². The molecule has 0 aliphatic rings. The van der Waals surface area contributed by atoms with Crippen molar-refractivity contribution in [3.05, 3.63) is 53.6 Å². The molecule has 0 radical (unpaired) electrons. The third-order valence-electron chi connectivity index (χ3n) is 2.73. The minimum Gasteiger partial charge on any atom is -0.507 e. The smallest absolute Gasteiger partial charge is 0.347 e. The predicted molar refractivity (Wildman–Crippen MR) is 76.1 cm³/mol. The van der Waals surface area contributed by atoms with E-state index in [4.69, 9.17) is 9.47 Å². The lowest BCUT2D eigenvalue weighted by atomic mass is 10.2. The number of phenolic OH excluding ortho intramolecular Hbond substituents is 1. The van der Waals surface area contributed by atoms with Crippen LogP contribution in [0.2, 0.25) is 0 Å². The van der Waals surface area contributed by atoms with E-state index in [0.717, 1.165) is 0 Å². The first-order chi connectivity index (χ1) is 10.2. The van der Waals surface area contributed by atoms with E-state index in [2.05, 4.69) is 0 Å². The number of carbonyl (C=O) groups excluding carboxylic acids is 2. The molecule has 0 aliphatic carbocycles.